The van der Waals surface area contributed by atoms with E-state index in [-0.39, 0.29) is 18.3 Å². The molecule has 0 fully saturated rings. The van der Waals surface area contributed by atoms with Gasteiger partial charge in [-0.05, 0) is 18.6 Å². The molecule has 16 heavy (non-hydrogen) atoms. The lowest BCUT2D eigenvalue weighted by molar-refractivity contribution is -0.130. The molecule has 0 aliphatic rings. The van der Waals surface area contributed by atoms with E-state index in [9.17, 15) is 9.18 Å². The Morgan fingerprint density at radius 3 is 2.75 bits per heavy atom. The molecule has 1 aromatic rings. The van der Waals surface area contributed by atoms with Gasteiger partial charge < -0.3 is 4.90 Å². The van der Waals surface area contributed by atoms with Crippen LogP contribution in [0, 0.1) is 5.82 Å². The second-order valence-electron chi connectivity index (χ2n) is 3.70. The summed E-state index contributed by atoms with van der Waals surface area (Å²) in [4.78, 5) is 13.0. The third kappa shape index (κ3) is 3.20. The van der Waals surface area contributed by atoms with Crippen LogP contribution in [0.4, 0.5) is 4.39 Å². The third-order valence-corrected chi connectivity index (χ3v) is 2.70. The predicted octanol–water partition coefficient (Wildman–Crippen LogP) is 3.24. The highest BCUT2D eigenvalue weighted by atomic mass is 35.5. The zero-order chi connectivity index (χ0) is 12.1. The minimum atomic E-state index is -0.372. The van der Waals surface area contributed by atoms with Crippen LogP contribution in [-0.4, -0.2) is 17.9 Å². The van der Waals surface area contributed by atoms with Crippen molar-refractivity contribution in [3.8, 4) is 0 Å². The molecule has 0 saturated carbocycles. The van der Waals surface area contributed by atoms with Crippen LogP contribution in [0.25, 0.3) is 0 Å². The van der Waals surface area contributed by atoms with Gasteiger partial charge in [-0.2, -0.15) is 0 Å². The molecular formula is C12H15ClFNO. The van der Waals surface area contributed by atoms with Crippen LogP contribution in [0.2, 0.25) is 5.02 Å². The molecule has 0 saturated heterocycles. The highest BCUT2D eigenvalue weighted by Gasteiger charge is 2.13. The maximum atomic E-state index is 13.4. The Labute approximate surface area is 100 Å². The fourth-order valence-electron chi connectivity index (χ4n) is 1.41. The summed E-state index contributed by atoms with van der Waals surface area (Å²) in [6.07, 6.45) is 1.26. The zero-order valence-corrected chi connectivity index (χ0v) is 10.2. The Morgan fingerprint density at radius 2 is 2.19 bits per heavy atom. The zero-order valence-electron chi connectivity index (χ0n) is 9.46. The predicted molar refractivity (Wildman–Crippen MR) is 62.8 cm³/mol. The van der Waals surface area contributed by atoms with E-state index in [2.05, 4.69) is 0 Å². The first-order valence-corrected chi connectivity index (χ1v) is 5.61. The molecular weight excluding hydrogens is 229 g/mol. The average molecular weight is 244 g/mol. The lowest BCUT2D eigenvalue weighted by Gasteiger charge is -2.18. The molecule has 0 aliphatic heterocycles. The monoisotopic (exact) mass is 243 g/mol. The molecule has 0 atom stereocenters. The molecule has 1 amide bonds. The molecule has 0 spiro atoms. The number of nitrogens with zero attached hydrogens (tertiary/aromatic N) is 1. The number of benzene rings is 1. The van der Waals surface area contributed by atoms with Gasteiger partial charge in [0.1, 0.15) is 5.82 Å². The van der Waals surface area contributed by atoms with Crippen molar-refractivity contribution in [1.29, 1.82) is 0 Å². The van der Waals surface area contributed by atoms with Gasteiger partial charge in [-0.3, -0.25) is 4.79 Å². The summed E-state index contributed by atoms with van der Waals surface area (Å²) in [5.74, 6) is -0.370. The van der Waals surface area contributed by atoms with Crippen molar-refractivity contribution < 1.29 is 9.18 Å². The summed E-state index contributed by atoms with van der Waals surface area (Å²) in [6.45, 7) is 2.14. The molecule has 0 radical (unpaired) electrons. The molecule has 2 nitrogen and oxygen atoms in total. The van der Waals surface area contributed by atoms with Crippen molar-refractivity contribution in [1.82, 2.24) is 4.90 Å². The summed E-state index contributed by atoms with van der Waals surface area (Å²) in [5.41, 5.74) is 0.371. The Bertz CT molecular complexity index is 361. The van der Waals surface area contributed by atoms with Crippen LogP contribution in [0.5, 0.6) is 0 Å². The smallest absolute Gasteiger partial charge is 0.222 e. The van der Waals surface area contributed by atoms with E-state index in [0.717, 1.165) is 6.42 Å². The Hall–Kier alpha value is -1.09. The average Bonchev–Trinajstić information content (AvgIpc) is 2.23. The highest BCUT2D eigenvalue weighted by Crippen LogP contribution is 2.20. The lowest BCUT2D eigenvalue weighted by atomic mass is 10.2. The topological polar surface area (TPSA) is 20.3 Å². The van der Waals surface area contributed by atoms with Gasteiger partial charge in [0.25, 0.3) is 0 Å². The van der Waals surface area contributed by atoms with Gasteiger partial charge in [-0.15, -0.1) is 0 Å². The maximum absolute atomic E-state index is 13.4. The standard InChI is InChI=1S/C12H15ClFNO/c1-3-5-12(16)15(2)8-9-10(13)6-4-7-11(9)14/h4,6-7H,3,5,8H2,1-2H3. The molecule has 0 N–H and O–H groups in total. The molecule has 4 heteroatoms. The molecule has 1 rings (SSSR count). The maximum Gasteiger partial charge on any atom is 0.222 e. The fourth-order valence-corrected chi connectivity index (χ4v) is 1.64. The minimum absolute atomic E-state index is 0.00168. The molecule has 88 valence electrons. The van der Waals surface area contributed by atoms with Crippen molar-refractivity contribution in [2.45, 2.75) is 26.3 Å². The van der Waals surface area contributed by atoms with Crippen LogP contribution in [0.3, 0.4) is 0 Å². The summed E-state index contributed by atoms with van der Waals surface area (Å²) in [6, 6.07) is 4.52. The van der Waals surface area contributed by atoms with E-state index in [0.29, 0.717) is 17.0 Å². The summed E-state index contributed by atoms with van der Waals surface area (Å²) < 4.78 is 13.4. The largest absolute Gasteiger partial charge is 0.341 e. The summed E-state index contributed by atoms with van der Waals surface area (Å²) >= 11 is 5.88. The Kier molecular flexibility index (Phi) is 4.74. The van der Waals surface area contributed by atoms with Gasteiger partial charge in [-0.1, -0.05) is 24.6 Å². The molecule has 0 bridgehead atoms. The molecule has 0 unspecified atom stereocenters. The van der Waals surface area contributed by atoms with Gasteiger partial charge in [0.2, 0.25) is 5.91 Å². The van der Waals surface area contributed by atoms with E-state index >= 15 is 0 Å². The normalized spacial score (nSPS) is 10.2. The van der Waals surface area contributed by atoms with Gasteiger partial charge in [0.05, 0.1) is 0 Å². The van der Waals surface area contributed by atoms with Crippen molar-refractivity contribution in [3.05, 3.63) is 34.6 Å². The summed E-state index contributed by atoms with van der Waals surface area (Å²) in [7, 11) is 1.65. The fraction of sp³-hybridized carbons (Fsp3) is 0.417. The second kappa shape index (κ2) is 5.85. The lowest BCUT2D eigenvalue weighted by Crippen LogP contribution is -2.26. The number of halogens is 2. The van der Waals surface area contributed by atoms with E-state index in [1.165, 1.54) is 11.0 Å². The highest BCUT2D eigenvalue weighted by molar-refractivity contribution is 6.31. The number of carbonyl (C=O) groups excluding carboxylic acids is 1. The first kappa shape index (κ1) is 13.0. The van der Waals surface area contributed by atoms with Crippen LogP contribution >= 0.6 is 11.6 Å². The number of rotatable bonds is 4. The number of amides is 1. The quantitative estimate of drug-likeness (QED) is 0.795. The van der Waals surface area contributed by atoms with Crippen LogP contribution in [0.1, 0.15) is 25.3 Å². The van der Waals surface area contributed by atoms with Gasteiger partial charge >= 0.3 is 0 Å². The van der Waals surface area contributed by atoms with Crippen LogP contribution in [-0.2, 0) is 11.3 Å². The van der Waals surface area contributed by atoms with E-state index in [1.807, 2.05) is 6.92 Å². The summed E-state index contributed by atoms with van der Waals surface area (Å²) in [5, 5.41) is 0.358. The first-order valence-electron chi connectivity index (χ1n) is 5.23. The van der Waals surface area contributed by atoms with Crippen LogP contribution < -0.4 is 0 Å². The SMILES string of the molecule is CCCC(=O)N(C)Cc1c(F)cccc1Cl. The van der Waals surface area contributed by atoms with Crippen molar-refractivity contribution in [2.24, 2.45) is 0 Å². The van der Waals surface area contributed by atoms with Crippen LogP contribution in [0.15, 0.2) is 18.2 Å². The third-order valence-electron chi connectivity index (χ3n) is 2.35. The second-order valence-corrected chi connectivity index (χ2v) is 4.11. The number of carbonyl (C=O) groups is 1. The van der Waals surface area contributed by atoms with Crippen molar-refractivity contribution >= 4 is 17.5 Å². The first-order chi connectivity index (χ1) is 7.56. The Morgan fingerprint density at radius 1 is 1.50 bits per heavy atom. The van der Waals surface area contributed by atoms with Gasteiger partial charge in [0.15, 0.2) is 0 Å². The Balaban J connectivity index is 2.76. The molecule has 0 heterocycles. The number of hydrogen-bond donors (Lipinski definition) is 0. The van der Waals surface area contributed by atoms with Gasteiger partial charge in [-0.25, -0.2) is 4.39 Å². The molecule has 1 aromatic carbocycles. The minimum Gasteiger partial charge on any atom is -0.341 e. The van der Waals surface area contributed by atoms with E-state index in [1.54, 1.807) is 19.2 Å². The molecule has 0 aromatic heterocycles. The van der Waals surface area contributed by atoms with Crippen molar-refractivity contribution in [3.63, 3.8) is 0 Å². The van der Waals surface area contributed by atoms with Crippen molar-refractivity contribution in [2.75, 3.05) is 7.05 Å². The van der Waals surface area contributed by atoms with E-state index in [4.69, 9.17) is 11.6 Å². The molecule has 0 aliphatic carbocycles. The van der Waals surface area contributed by atoms with Gasteiger partial charge in [0, 0.05) is 30.6 Å². The number of hydrogen-bond acceptors (Lipinski definition) is 1. The van der Waals surface area contributed by atoms with E-state index < -0.39 is 0 Å².